The topological polar surface area (TPSA) is 47.3 Å². The Kier molecular flexibility index (Phi) is 4.82. The molecule has 0 aliphatic carbocycles. The molecular formula is C14H23FN2O. The molecule has 4 heteroatoms. The van der Waals surface area contributed by atoms with E-state index in [0.717, 1.165) is 18.7 Å². The maximum absolute atomic E-state index is 13.5. The number of nitrogens with two attached hydrogens (primary N) is 1. The molecule has 0 heterocycles. The van der Waals surface area contributed by atoms with Crippen LogP contribution in [0.3, 0.4) is 0 Å². The molecule has 18 heavy (non-hydrogen) atoms. The summed E-state index contributed by atoms with van der Waals surface area (Å²) in [6.45, 7) is 9.52. The van der Waals surface area contributed by atoms with Gasteiger partial charge < -0.3 is 15.8 Å². The Morgan fingerprint density at radius 2 is 2.00 bits per heavy atom. The molecular weight excluding hydrogens is 231 g/mol. The van der Waals surface area contributed by atoms with Crippen LogP contribution in [0.4, 0.5) is 15.8 Å². The van der Waals surface area contributed by atoms with Crippen LogP contribution < -0.4 is 15.8 Å². The molecule has 0 spiro atoms. The maximum Gasteiger partial charge on any atom is 0.167 e. The van der Waals surface area contributed by atoms with Gasteiger partial charge in [-0.25, -0.2) is 4.39 Å². The molecule has 3 N–H and O–H groups in total. The lowest BCUT2D eigenvalue weighted by atomic mass is 9.90. The molecule has 0 aliphatic rings. The van der Waals surface area contributed by atoms with E-state index >= 15 is 0 Å². The van der Waals surface area contributed by atoms with Gasteiger partial charge in [-0.3, -0.25) is 0 Å². The van der Waals surface area contributed by atoms with E-state index in [4.69, 9.17) is 10.5 Å². The van der Waals surface area contributed by atoms with Gasteiger partial charge in [-0.15, -0.1) is 0 Å². The quantitative estimate of drug-likeness (QED) is 0.762. The summed E-state index contributed by atoms with van der Waals surface area (Å²) < 4.78 is 18.7. The molecule has 0 atom stereocenters. The van der Waals surface area contributed by atoms with Crippen LogP contribution in [0, 0.1) is 11.2 Å². The van der Waals surface area contributed by atoms with Crippen molar-refractivity contribution in [3.63, 3.8) is 0 Å². The molecule has 0 amide bonds. The standard InChI is InChI=1S/C14H23FN2O/c1-5-14(3,4)9-17-12-8-13(18-6-2)10(15)7-11(12)16/h7-8,17H,5-6,9,16H2,1-4H3. The van der Waals surface area contributed by atoms with Crippen molar-refractivity contribution in [3.8, 4) is 5.75 Å². The van der Waals surface area contributed by atoms with Crippen LogP contribution in [-0.2, 0) is 0 Å². The average Bonchev–Trinajstić information content (AvgIpc) is 2.31. The Hall–Kier alpha value is -1.45. The highest BCUT2D eigenvalue weighted by Crippen LogP contribution is 2.29. The molecule has 0 radical (unpaired) electrons. The third-order valence-electron chi connectivity index (χ3n) is 3.12. The summed E-state index contributed by atoms with van der Waals surface area (Å²) in [5.41, 5.74) is 7.10. The highest BCUT2D eigenvalue weighted by Gasteiger charge is 2.16. The Bertz CT molecular complexity index is 405. The fourth-order valence-electron chi connectivity index (χ4n) is 1.45. The summed E-state index contributed by atoms with van der Waals surface area (Å²) in [5.74, 6) is -0.182. The van der Waals surface area contributed by atoms with E-state index in [9.17, 15) is 4.39 Å². The van der Waals surface area contributed by atoms with Gasteiger partial charge in [0.25, 0.3) is 0 Å². The predicted molar refractivity (Wildman–Crippen MR) is 74.5 cm³/mol. The molecule has 1 aromatic rings. The minimum absolute atomic E-state index is 0.173. The van der Waals surface area contributed by atoms with Crippen LogP contribution >= 0.6 is 0 Å². The molecule has 0 aromatic heterocycles. The second-order valence-corrected chi connectivity index (χ2v) is 5.17. The van der Waals surface area contributed by atoms with Crippen LogP contribution in [-0.4, -0.2) is 13.2 Å². The van der Waals surface area contributed by atoms with Gasteiger partial charge in [0.2, 0.25) is 0 Å². The van der Waals surface area contributed by atoms with Crippen molar-refractivity contribution < 1.29 is 9.13 Å². The average molecular weight is 254 g/mol. The first-order valence-corrected chi connectivity index (χ1v) is 6.35. The Balaban J connectivity index is 2.85. The van der Waals surface area contributed by atoms with Crippen molar-refractivity contribution in [3.05, 3.63) is 17.9 Å². The van der Waals surface area contributed by atoms with E-state index in [1.54, 1.807) is 6.07 Å². The van der Waals surface area contributed by atoms with Gasteiger partial charge >= 0.3 is 0 Å². The second kappa shape index (κ2) is 5.94. The molecule has 3 nitrogen and oxygen atoms in total. The van der Waals surface area contributed by atoms with Crippen LogP contribution in [0.2, 0.25) is 0 Å². The highest BCUT2D eigenvalue weighted by atomic mass is 19.1. The van der Waals surface area contributed by atoms with E-state index < -0.39 is 5.82 Å². The maximum atomic E-state index is 13.5. The first-order valence-electron chi connectivity index (χ1n) is 6.35. The summed E-state index contributed by atoms with van der Waals surface area (Å²) in [6.07, 6.45) is 1.05. The lowest BCUT2D eigenvalue weighted by molar-refractivity contribution is 0.321. The minimum Gasteiger partial charge on any atom is -0.491 e. The monoisotopic (exact) mass is 254 g/mol. The van der Waals surface area contributed by atoms with Crippen LogP contribution in [0.25, 0.3) is 0 Å². The zero-order valence-electron chi connectivity index (χ0n) is 11.6. The number of nitrogens with one attached hydrogen (secondary N) is 1. The van der Waals surface area contributed by atoms with Gasteiger partial charge in [0, 0.05) is 18.7 Å². The van der Waals surface area contributed by atoms with Crippen molar-refractivity contribution in [1.29, 1.82) is 0 Å². The van der Waals surface area contributed by atoms with E-state index in [-0.39, 0.29) is 11.2 Å². The van der Waals surface area contributed by atoms with Crippen LogP contribution in [0.5, 0.6) is 5.75 Å². The van der Waals surface area contributed by atoms with Crippen molar-refractivity contribution in [2.45, 2.75) is 34.1 Å². The summed E-state index contributed by atoms with van der Waals surface area (Å²) >= 11 is 0. The number of hydrogen-bond acceptors (Lipinski definition) is 3. The van der Waals surface area contributed by atoms with Gasteiger partial charge in [0.05, 0.1) is 18.0 Å². The SMILES string of the molecule is CCOc1cc(NCC(C)(C)CC)c(N)cc1F. The summed E-state index contributed by atoms with van der Waals surface area (Å²) in [7, 11) is 0. The zero-order valence-corrected chi connectivity index (χ0v) is 11.6. The van der Waals surface area contributed by atoms with Gasteiger partial charge in [-0.2, -0.15) is 0 Å². The van der Waals surface area contributed by atoms with Gasteiger partial charge in [0.1, 0.15) is 0 Å². The normalized spacial score (nSPS) is 11.4. The molecule has 0 fully saturated rings. The molecule has 1 aromatic carbocycles. The molecule has 0 saturated carbocycles. The second-order valence-electron chi connectivity index (χ2n) is 5.17. The van der Waals surface area contributed by atoms with Crippen molar-refractivity contribution in [1.82, 2.24) is 0 Å². The van der Waals surface area contributed by atoms with Gasteiger partial charge in [0.15, 0.2) is 11.6 Å². The van der Waals surface area contributed by atoms with Crippen molar-refractivity contribution >= 4 is 11.4 Å². The van der Waals surface area contributed by atoms with E-state index in [1.807, 2.05) is 6.92 Å². The lowest BCUT2D eigenvalue weighted by Gasteiger charge is -2.24. The van der Waals surface area contributed by atoms with Crippen LogP contribution in [0.15, 0.2) is 12.1 Å². The third-order valence-corrected chi connectivity index (χ3v) is 3.12. The van der Waals surface area contributed by atoms with E-state index in [2.05, 4.69) is 26.1 Å². The summed E-state index contributed by atoms with van der Waals surface area (Å²) in [6, 6.07) is 2.92. The number of anilines is 2. The number of ether oxygens (including phenoxy) is 1. The molecule has 1 rings (SSSR count). The molecule has 0 bridgehead atoms. The Morgan fingerprint density at radius 1 is 1.33 bits per heavy atom. The minimum atomic E-state index is -0.422. The molecule has 0 unspecified atom stereocenters. The van der Waals surface area contributed by atoms with Gasteiger partial charge in [-0.05, 0) is 18.8 Å². The third kappa shape index (κ3) is 3.79. The molecule has 0 saturated heterocycles. The number of rotatable bonds is 6. The van der Waals surface area contributed by atoms with Gasteiger partial charge in [-0.1, -0.05) is 20.8 Å². The smallest absolute Gasteiger partial charge is 0.167 e. The van der Waals surface area contributed by atoms with E-state index in [0.29, 0.717) is 12.3 Å². The summed E-state index contributed by atoms with van der Waals surface area (Å²) in [5, 5.41) is 3.26. The predicted octanol–water partition coefficient (Wildman–Crippen LogP) is 3.65. The number of halogens is 1. The highest BCUT2D eigenvalue weighted by molar-refractivity contribution is 5.68. The Morgan fingerprint density at radius 3 is 2.56 bits per heavy atom. The zero-order chi connectivity index (χ0) is 13.8. The number of benzene rings is 1. The fraction of sp³-hybridized carbons (Fsp3) is 0.571. The van der Waals surface area contributed by atoms with Crippen LogP contribution in [0.1, 0.15) is 34.1 Å². The van der Waals surface area contributed by atoms with Crippen molar-refractivity contribution in [2.24, 2.45) is 5.41 Å². The molecule has 102 valence electrons. The largest absolute Gasteiger partial charge is 0.491 e. The number of nitrogen functional groups attached to an aromatic ring is 1. The lowest BCUT2D eigenvalue weighted by Crippen LogP contribution is -2.22. The molecule has 0 aliphatic heterocycles. The fourth-order valence-corrected chi connectivity index (χ4v) is 1.45. The van der Waals surface area contributed by atoms with E-state index in [1.165, 1.54) is 6.07 Å². The first kappa shape index (κ1) is 14.6. The first-order chi connectivity index (χ1) is 8.39. The van der Waals surface area contributed by atoms with Crippen molar-refractivity contribution in [2.75, 3.05) is 24.2 Å². The number of hydrogen-bond donors (Lipinski definition) is 2. The Labute approximate surface area is 109 Å². The summed E-state index contributed by atoms with van der Waals surface area (Å²) in [4.78, 5) is 0.